The molecule has 2 amide bonds. The van der Waals surface area contributed by atoms with Gasteiger partial charge in [-0.3, -0.25) is 9.59 Å². The average molecular weight is 437 g/mol. The van der Waals surface area contributed by atoms with Gasteiger partial charge >= 0.3 is 0 Å². The zero-order chi connectivity index (χ0) is 21.4. The summed E-state index contributed by atoms with van der Waals surface area (Å²) in [6, 6.07) is 11.5. The number of fused-ring (bicyclic) bond motifs is 1. The Bertz CT molecular complexity index is 1120. The lowest BCUT2D eigenvalue weighted by Gasteiger charge is -2.27. The summed E-state index contributed by atoms with van der Waals surface area (Å²) in [6.45, 7) is 3.63. The molecule has 4 heterocycles. The van der Waals surface area contributed by atoms with E-state index in [4.69, 9.17) is 10.5 Å². The molecule has 2 saturated heterocycles. The van der Waals surface area contributed by atoms with Crippen LogP contribution in [0.3, 0.4) is 0 Å². The molecule has 7 nitrogen and oxygen atoms in total. The summed E-state index contributed by atoms with van der Waals surface area (Å²) in [5.74, 6) is 0.552. The topological polar surface area (TPSA) is 88.8 Å². The van der Waals surface area contributed by atoms with E-state index in [9.17, 15) is 9.59 Å². The number of morpholine rings is 1. The lowest BCUT2D eigenvalue weighted by molar-refractivity contribution is 0.0305. The Balaban J connectivity index is 1.45. The fourth-order valence-corrected chi connectivity index (χ4v) is 5.69. The van der Waals surface area contributed by atoms with Gasteiger partial charge in [-0.25, -0.2) is 4.98 Å². The minimum absolute atomic E-state index is 0.0457. The van der Waals surface area contributed by atoms with Crippen LogP contribution in [0.5, 0.6) is 0 Å². The van der Waals surface area contributed by atoms with E-state index >= 15 is 0 Å². The summed E-state index contributed by atoms with van der Waals surface area (Å²) in [5, 5.41) is 1.12. The maximum absolute atomic E-state index is 13.4. The molecule has 0 unspecified atom stereocenters. The maximum atomic E-state index is 13.4. The number of carbonyl (C=O) groups excluding carboxylic acids is 2. The van der Waals surface area contributed by atoms with Crippen LogP contribution in [-0.4, -0.2) is 66.0 Å². The third-order valence-electron chi connectivity index (χ3n) is 6.04. The quantitative estimate of drug-likeness (QED) is 0.682. The van der Waals surface area contributed by atoms with Crippen molar-refractivity contribution in [1.29, 1.82) is 0 Å². The van der Waals surface area contributed by atoms with Gasteiger partial charge in [-0.05, 0) is 35.6 Å². The number of hydrogen-bond acceptors (Lipinski definition) is 6. The summed E-state index contributed by atoms with van der Waals surface area (Å²) < 4.78 is 6.53. The number of amides is 2. The number of benzene rings is 1. The zero-order valence-corrected chi connectivity index (χ0v) is 17.9. The Morgan fingerprint density at radius 1 is 1.03 bits per heavy atom. The molecule has 2 fully saturated rings. The summed E-state index contributed by atoms with van der Waals surface area (Å²) in [5.41, 5.74) is 7.27. The minimum Gasteiger partial charge on any atom is -0.384 e. The van der Waals surface area contributed by atoms with E-state index in [0.717, 1.165) is 26.9 Å². The monoisotopic (exact) mass is 436 g/mol. The predicted octanol–water partition coefficient (Wildman–Crippen LogP) is 2.98. The number of pyridine rings is 1. The minimum atomic E-state index is -0.0457. The number of rotatable bonds is 3. The van der Waals surface area contributed by atoms with Gasteiger partial charge in [0.25, 0.3) is 11.8 Å². The van der Waals surface area contributed by atoms with Crippen molar-refractivity contribution in [3.8, 4) is 0 Å². The number of thiophene rings is 1. The Kier molecular flexibility index (Phi) is 5.33. The SMILES string of the molecule is Nc1ccc(C(=O)N2CC[C@@H](c3c(C(=O)N4CCOCC4)sc4ccccc34)C2)cn1. The summed E-state index contributed by atoms with van der Waals surface area (Å²) in [7, 11) is 0. The normalized spacial score (nSPS) is 19.2. The zero-order valence-electron chi connectivity index (χ0n) is 17.1. The molecule has 0 aliphatic carbocycles. The fourth-order valence-electron chi connectivity index (χ4n) is 4.43. The van der Waals surface area contributed by atoms with Crippen LogP contribution in [0.4, 0.5) is 5.82 Å². The van der Waals surface area contributed by atoms with E-state index in [0.29, 0.717) is 50.8 Å². The van der Waals surface area contributed by atoms with Crippen LogP contribution in [0.25, 0.3) is 10.1 Å². The number of ether oxygens (including phenoxy) is 1. The van der Waals surface area contributed by atoms with Crippen LogP contribution >= 0.6 is 11.3 Å². The van der Waals surface area contributed by atoms with Gasteiger partial charge in [0.2, 0.25) is 0 Å². The van der Waals surface area contributed by atoms with E-state index < -0.39 is 0 Å². The Labute approximate surface area is 184 Å². The summed E-state index contributed by atoms with van der Waals surface area (Å²) >= 11 is 1.56. The van der Waals surface area contributed by atoms with Crippen molar-refractivity contribution in [3.63, 3.8) is 0 Å². The van der Waals surface area contributed by atoms with E-state index in [2.05, 4.69) is 17.1 Å². The largest absolute Gasteiger partial charge is 0.384 e. The molecule has 0 saturated carbocycles. The fraction of sp³-hybridized carbons (Fsp3) is 0.348. The highest BCUT2D eigenvalue weighted by molar-refractivity contribution is 7.21. The molecule has 2 aromatic heterocycles. The van der Waals surface area contributed by atoms with Gasteiger partial charge in [-0.1, -0.05) is 18.2 Å². The van der Waals surface area contributed by atoms with Crippen molar-refractivity contribution in [2.45, 2.75) is 12.3 Å². The third-order valence-corrected chi connectivity index (χ3v) is 7.22. The van der Waals surface area contributed by atoms with E-state index in [1.54, 1.807) is 23.5 Å². The lowest BCUT2D eigenvalue weighted by atomic mass is 9.94. The Morgan fingerprint density at radius 3 is 2.61 bits per heavy atom. The highest BCUT2D eigenvalue weighted by Gasteiger charge is 2.34. The van der Waals surface area contributed by atoms with E-state index in [1.807, 2.05) is 21.9 Å². The molecular weight excluding hydrogens is 412 g/mol. The van der Waals surface area contributed by atoms with Gasteiger partial charge in [-0.2, -0.15) is 0 Å². The number of carbonyl (C=O) groups is 2. The van der Waals surface area contributed by atoms with Gasteiger partial charge in [0.15, 0.2) is 0 Å². The first-order valence-electron chi connectivity index (χ1n) is 10.5. The first-order chi connectivity index (χ1) is 15.1. The van der Waals surface area contributed by atoms with E-state index in [1.165, 1.54) is 6.20 Å². The molecule has 1 atom stereocenters. The predicted molar refractivity (Wildman–Crippen MR) is 120 cm³/mol. The van der Waals surface area contributed by atoms with Crippen LogP contribution in [0.1, 0.15) is 37.9 Å². The van der Waals surface area contributed by atoms with Crippen LogP contribution < -0.4 is 5.73 Å². The second-order valence-corrected chi connectivity index (χ2v) is 9.01. The molecule has 0 bridgehead atoms. The number of nitrogens with zero attached hydrogens (tertiary/aromatic N) is 3. The van der Waals surface area contributed by atoms with Crippen LogP contribution in [-0.2, 0) is 4.74 Å². The van der Waals surface area contributed by atoms with Crippen molar-refractivity contribution in [2.24, 2.45) is 0 Å². The van der Waals surface area contributed by atoms with Gasteiger partial charge in [0.1, 0.15) is 5.82 Å². The molecule has 31 heavy (non-hydrogen) atoms. The lowest BCUT2D eigenvalue weighted by Crippen LogP contribution is -2.40. The third kappa shape index (κ3) is 3.77. The van der Waals surface area contributed by atoms with Gasteiger partial charge in [0.05, 0.1) is 23.7 Å². The van der Waals surface area contributed by atoms with E-state index in [-0.39, 0.29) is 17.7 Å². The number of nitrogens with two attached hydrogens (primary N) is 1. The molecule has 1 aromatic carbocycles. The number of nitrogen functional groups attached to an aromatic ring is 1. The second kappa shape index (κ2) is 8.28. The second-order valence-electron chi connectivity index (χ2n) is 7.95. The molecule has 2 aliphatic heterocycles. The highest BCUT2D eigenvalue weighted by Crippen LogP contribution is 2.41. The van der Waals surface area contributed by atoms with Gasteiger partial charge < -0.3 is 20.3 Å². The summed E-state index contributed by atoms with van der Waals surface area (Å²) in [6.07, 6.45) is 2.36. The van der Waals surface area contributed by atoms with Crippen LogP contribution in [0.15, 0.2) is 42.6 Å². The molecule has 0 radical (unpaired) electrons. The molecule has 8 heteroatoms. The molecule has 5 rings (SSSR count). The number of aromatic nitrogens is 1. The standard InChI is InChI=1S/C23H24N4O3S/c24-19-6-5-15(13-25-19)22(28)27-8-7-16(14-27)20-17-3-1-2-4-18(17)31-21(20)23(29)26-9-11-30-12-10-26/h1-6,13,16H,7-12,14H2,(H2,24,25)/t16-/m1/s1. The first-order valence-corrected chi connectivity index (χ1v) is 11.3. The Morgan fingerprint density at radius 2 is 1.84 bits per heavy atom. The molecule has 160 valence electrons. The van der Waals surface area contributed by atoms with Crippen LogP contribution in [0, 0.1) is 0 Å². The number of likely N-dealkylation sites (tertiary alicyclic amines) is 1. The van der Waals surface area contributed by atoms with Gasteiger partial charge in [0, 0.05) is 43.0 Å². The molecule has 2 N–H and O–H groups in total. The smallest absolute Gasteiger partial charge is 0.264 e. The van der Waals surface area contributed by atoms with Crippen molar-refractivity contribution in [3.05, 3.63) is 58.6 Å². The van der Waals surface area contributed by atoms with Crippen molar-refractivity contribution in [1.82, 2.24) is 14.8 Å². The highest BCUT2D eigenvalue weighted by atomic mass is 32.1. The van der Waals surface area contributed by atoms with Gasteiger partial charge in [-0.15, -0.1) is 11.3 Å². The number of anilines is 1. The number of hydrogen-bond donors (Lipinski definition) is 1. The van der Waals surface area contributed by atoms with Crippen molar-refractivity contribution < 1.29 is 14.3 Å². The molecular formula is C23H24N4O3S. The van der Waals surface area contributed by atoms with Crippen molar-refractivity contribution in [2.75, 3.05) is 45.1 Å². The Hall–Kier alpha value is -2.97. The summed E-state index contributed by atoms with van der Waals surface area (Å²) in [4.78, 5) is 34.9. The average Bonchev–Trinajstić information content (AvgIpc) is 3.44. The van der Waals surface area contributed by atoms with Crippen molar-refractivity contribution >= 4 is 39.1 Å². The first kappa shape index (κ1) is 20.0. The maximum Gasteiger partial charge on any atom is 0.264 e. The van der Waals surface area contributed by atoms with Crippen LogP contribution in [0.2, 0.25) is 0 Å². The molecule has 0 spiro atoms. The molecule has 3 aromatic rings. The molecule has 2 aliphatic rings.